The van der Waals surface area contributed by atoms with Crippen LogP contribution in [0.15, 0.2) is 11.7 Å². The third-order valence-corrected chi connectivity index (χ3v) is 4.15. The molecule has 2 N–H and O–H groups in total. The van der Waals surface area contributed by atoms with Gasteiger partial charge in [0.15, 0.2) is 0 Å². The molecular weight excluding hydrogens is 236 g/mol. The molecule has 0 saturated carbocycles. The van der Waals surface area contributed by atoms with Gasteiger partial charge in [-0.15, -0.1) is 11.3 Å². The molecular formula is C12H20N2O2S. The summed E-state index contributed by atoms with van der Waals surface area (Å²) in [5.74, 6) is 0. The van der Waals surface area contributed by atoms with Gasteiger partial charge in [-0.2, -0.15) is 0 Å². The largest absolute Gasteiger partial charge is 0.381 e. The number of aromatic nitrogens is 1. The van der Waals surface area contributed by atoms with Crippen LogP contribution in [0.1, 0.15) is 24.6 Å². The minimum Gasteiger partial charge on any atom is -0.381 e. The summed E-state index contributed by atoms with van der Waals surface area (Å²) in [6.45, 7) is 4.22. The first-order valence-electron chi connectivity index (χ1n) is 6.11. The van der Waals surface area contributed by atoms with E-state index in [0.717, 1.165) is 32.5 Å². The Morgan fingerprint density at radius 3 is 2.94 bits per heavy atom. The highest BCUT2D eigenvalue weighted by Gasteiger charge is 2.39. The van der Waals surface area contributed by atoms with Crippen LogP contribution in [0.4, 0.5) is 0 Å². The molecule has 1 unspecified atom stereocenters. The van der Waals surface area contributed by atoms with E-state index in [9.17, 15) is 0 Å². The van der Waals surface area contributed by atoms with Gasteiger partial charge in [-0.1, -0.05) is 0 Å². The van der Waals surface area contributed by atoms with E-state index in [1.807, 2.05) is 18.6 Å². The van der Waals surface area contributed by atoms with E-state index in [1.54, 1.807) is 11.3 Å². The second-order valence-corrected chi connectivity index (χ2v) is 5.36. The average molecular weight is 256 g/mol. The predicted octanol–water partition coefficient (Wildman–Crippen LogP) is 1.60. The Kier molecular flexibility index (Phi) is 4.50. The van der Waals surface area contributed by atoms with Crippen LogP contribution >= 0.6 is 11.3 Å². The van der Waals surface area contributed by atoms with Crippen LogP contribution in [-0.2, 0) is 15.9 Å². The van der Waals surface area contributed by atoms with Crippen molar-refractivity contribution in [2.45, 2.75) is 37.8 Å². The van der Waals surface area contributed by atoms with Crippen molar-refractivity contribution < 1.29 is 9.47 Å². The highest BCUT2D eigenvalue weighted by molar-refractivity contribution is 7.09. The number of rotatable bonds is 5. The lowest BCUT2D eigenvalue weighted by atomic mass is 9.84. The SMILES string of the molecule is CCOC1(C(N)Cc2cncs2)CCOCC1. The first-order chi connectivity index (χ1) is 8.27. The molecule has 1 atom stereocenters. The number of hydrogen-bond acceptors (Lipinski definition) is 5. The molecule has 2 heterocycles. The van der Waals surface area contributed by atoms with Gasteiger partial charge < -0.3 is 15.2 Å². The molecule has 0 bridgehead atoms. The monoisotopic (exact) mass is 256 g/mol. The summed E-state index contributed by atoms with van der Waals surface area (Å²) in [4.78, 5) is 5.31. The molecule has 1 aliphatic rings. The Labute approximate surface area is 106 Å². The Bertz CT molecular complexity index is 318. The van der Waals surface area contributed by atoms with Crippen LogP contribution in [0.5, 0.6) is 0 Å². The molecule has 0 amide bonds. The molecule has 2 rings (SSSR count). The standard InChI is InChI=1S/C12H20N2O2S/c1-2-16-12(3-5-15-6-4-12)11(13)7-10-8-14-9-17-10/h8-9,11H,2-7,13H2,1H3. The number of nitrogens with two attached hydrogens (primary N) is 1. The van der Waals surface area contributed by atoms with Crippen LogP contribution in [-0.4, -0.2) is 36.4 Å². The maximum absolute atomic E-state index is 6.36. The average Bonchev–Trinajstić information content (AvgIpc) is 2.83. The Hall–Kier alpha value is -0.490. The molecule has 1 fully saturated rings. The van der Waals surface area contributed by atoms with Crippen LogP contribution < -0.4 is 5.73 Å². The van der Waals surface area contributed by atoms with Crippen molar-refractivity contribution >= 4 is 11.3 Å². The fraction of sp³-hybridized carbons (Fsp3) is 0.750. The zero-order chi connectivity index (χ0) is 12.1. The Balaban J connectivity index is 2.03. The summed E-state index contributed by atoms with van der Waals surface area (Å²) in [5.41, 5.74) is 7.99. The van der Waals surface area contributed by atoms with Crippen molar-refractivity contribution in [2.75, 3.05) is 19.8 Å². The van der Waals surface area contributed by atoms with Crippen LogP contribution in [0.3, 0.4) is 0 Å². The topological polar surface area (TPSA) is 57.4 Å². The van der Waals surface area contributed by atoms with Gasteiger partial charge in [0.25, 0.3) is 0 Å². The van der Waals surface area contributed by atoms with E-state index in [2.05, 4.69) is 4.98 Å². The second-order valence-electron chi connectivity index (χ2n) is 4.39. The molecule has 0 aliphatic carbocycles. The second kappa shape index (κ2) is 5.91. The lowest BCUT2D eigenvalue weighted by Crippen LogP contribution is -2.54. The minimum absolute atomic E-state index is 0.0202. The zero-order valence-corrected chi connectivity index (χ0v) is 11.0. The predicted molar refractivity (Wildman–Crippen MR) is 68.2 cm³/mol. The summed E-state index contributed by atoms with van der Waals surface area (Å²) in [6.07, 6.45) is 4.51. The number of hydrogen-bond donors (Lipinski definition) is 1. The summed E-state index contributed by atoms with van der Waals surface area (Å²) >= 11 is 1.65. The Morgan fingerprint density at radius 1 is 1.59 bits per heavy atom. The van der Waals surface area contributed by atoms with Gasteiger partial charge >= 0.3 is 0 Å². The molecule has 0 aromatic carbocycles. The van der Waals surface area contributed by atoms with Crippen molar-refractivity contribution in [2.24, 2.45) is 5.73 Å². The smallest absolute Gasteiger partial charge is 0.0879 e. The lowest BCUT2D eigenvalue weighted by molar-refractivity contribution is -0.120. The summed E-state index contributed by atoms with van der Waals surface area (Å²) in [7, 11) is 0. The van der Waals surface area contributed by atoms with E-state index in [1.165, 1.54) is 4.88 Å². The van der Waals surface area contributed by atoms with Crippen molar-refractivity contribution in [3.63, 3.8) is 0 Å². The van der Waals surface area contributed by atoms with E-state index in [0.29, 0.717) is 6.61 Å². The fourth-order valence-electron chi connectivity index (χ4n) is 2.37. The van der Waals surface area contributed by atoms with Crippen molar-refractivity contribution in [3.8, 4) is 0 Å². The van der Waals surface area contributed by atoms with Gasteiger partial charge in [0.2, 0.25) is 0 Å². The third kappa shape index (κ3) is 3.04. The van der Waals surface area contributed by atoms with Gasteiger partial charge in [-0.05, 0) is 6.92 Å². The quantitative estimate of drug-likeness (QED) is 0.869. The number of ether oxygens (including phenoxy) is 2. The molecule has 1 aliphatic heterocycles. The molecule has 1 aromatic heterocycles. The van der Waals surface area contributed by atoms with E-state index < -0.39 is 0 Å². The fourth-order valence-corrected chi connectivity index (χ4v) is 3.03. The molecule has 0 spiro atoms. The van der Waals surface area contributed by atoms with Crippen LogP contribution in [0, 0.1) is 0 Å². The summed E-state index contributed by atoms with van der Waals surface area (Å²) in [5, 5.41) is 0. The molecule has 1 aromatic rings. The first kappa shape index (κ1) is 13.0. The number of thiazole rings is 1. The van der Waals surface area contributed by atoms with E-state index >= 15 is 0 Å². The van der Waals surface area contributed by atoms with Crippen LogP contribution in [0.2, 0.25) is 0 Å². The molecule has 96 valence electrons. The summed E-state index contributed by atoms with van der Waals surface area (Å²) < 4.78 is 11.4. The first-order valence-corrected chi connectivity index (χ1v) is 6.99. The van der Waals surface area contributed by atoms with E-state index in [-0.39, 0.29) is 11.6 Å². The van der Waals surface area contributed by atoms with Crippen molar-refractivity contribution in [1.82, 2.24) is 4.98 Å². The number of nitrogens with zero attached hydrogens (tertiary/aromatic N) is 1. The lowest BCUT2D eigenvalue weighted by Gasteiger charge is -2.41. The van der Waals surface area contributed by atoms with E-state index in [4.69, 9.17) is 15.2 Å². The molecule has 1 saturated heterocycles. The van der Waals surface area contributed by atoms with Crippen molar-refractivity contribution in [1.29, 1.82) is 0 Å². The zero-order valence-electron chi connectivity index (χ0n) is 10.2. The maximum Gasteiger partial charge on any atom is 0.0879 e. The maximum atomic E-state index is 6.36. The third-order valence-electron chi connectivity index (χ3n) is 3.35. The minimum atomic E-state index is -0.211. The molecule has 17 heavy (non-hydrogen) atoms. The molecule has 4 nitrogen and oxygen atoms in total. The normalized spacial score (nSPS) is 21.3. The van der Waals surface area contributed by atoms with Crippen molar-refractivity contribution in [3.05, 3.63) is 16.6 Å². The van der Waals surface area contributed by atoms with Gasteiger partial charge in [0.05, 0.1) is 11.1 Å². The van der Waals surface area contributed by atoms with Crippen LogP contribution in [0.25, 0.3) is 0 Å². The van der Waals surface area contributed by atoms with Gasteiger partial charge in [-0.3, -0.25) is 4.98 Å². The van der Waals surface area contributed by atoms with Gasteiger partial charge in [0, 0.05) is 56.2 Å². The highest BCUT2D eigenvalue weighted by Crippen LogP contribution is 2.30. The van der Waals surface area contributed by atoms with Gasteiger partial charge in [-0.25, -0.2) is 0 Å². The molecule has 0 radical (unpaired) electrons. The Morgan fingerprint density at radius 2 is 2.35 bits per heavy atom. The van der Waals surface area contributed by atoms with Gasteiger partial charge in [0.1, 0.15) is 0 Å². The summed E-state index contributed by atoms with van der Waals surface area (Å²) in [6, 6.07) is 0.0202. The highest BCUT2D eigenvalue weighted by atomic mass is 32.1. The molecule has 5 heteroatoms.